The van der Waals surface area contributed by atoms with E-state index in [1.165, 1.54) is 18.4 Å². The number of halogens is 1. The lowest BCUT2D eigenvalue weighted by Gasteiger charge is -2.23. The molecule has 0 bridgehead atoms. The van der Waals surface area contributed by atoms with Gasteiger partial charge in [-0.3, -0.25) is 4.79 Å². The Labute approximate surface area is 175 Å². The van der Waals surface area contributed by atoms with Gasteiger partial charge < -0.3 is 10.2 Å². The first kappa shape index (κ1) is 23.2. The molecule has 1 saturated carbocycles. The molecule has 3 nitrogen and oxygen atoms in total. The van der Waals surface area contributed by atoms with Crippen LogP contribution in [0.2, 0.25) is 0 Å². The van der Waals surface area contributed by atoms with Crippen LogP contribution in [0.1, 0.15) is 107 Å². The molecule has 4 heteroatoms. The molecule has 1 aromatic carbocycles. The van der Waals surface area contributed by atoms with Crippen molar-refractivity contribution in [3.63, 3.8) is 0 Å². The highest BCUT2D eigenvalue weighted by Crippen LogP contribution is 2.45. The second-order valence-corrected chi connectivity index (χ2v) is 8.95. The maximum Gasteiger partial charge on any atom is 0.303 e. The lowest BCUT2D eigenvalue weighted by molar-refractivity contribution is -0.137. The van der Waals surface area contributed by atoms with E-state index >= 15 is 0 Å². The Bertz CT molecular complexity index is 572. The van der Waals surface area contributed by atoms with Gasteiger partial charge in [0.2, 0.25) is 0 Å². The molecule has 0 spiro atoms. The molecule has 2 N–H and O–H groups in total. The molecule has 0 aliphatic heterocycles. The molecule has 0 heterocycles. The van der Waals surface area contributed by atoms with Gasteiger partial charge in [0.15, 0.2) is 0 Å². The van der Waals surface area contributed by atoms with Crippen molar-refractivity contribution in [3.8, 4) is 0 Å². The summed E-state index contributed by atoms with van der Waals surface area (Å²) in [5.41, 5.74) is 2.37. The van der Waals surface area contributed by atoms with E-state index in [4.69, 9.17) is 16.7 Å². The van der Waals surface area contributed by atoms with Gasteiger partial charge in [0.05, 0.1) is 6.10 Å². The molecule has 0 amide bonds. The summed E-state index contributed by atoms with van der Waals surface area (Å²) in [5.74, 6) is 0.310. The number of aliphatic carboxylic acids is 1. The normalized spacial score (nSPS) is 23.0. The van der Waals surface area contributed by atoms with Crippen molar-refractivity contribution in [1.82, 2.24) is 0 Å². The van der Waals surface area contributed by atoms with E-state index in [1.807, 2.05) is 0 Å². The second-order valence-electron chi connectivity index (χ2n) is 8.39. The Kier molecular flexibility index (Phi) is 10.4. The summed E-state index contributed by atoms with van der Waals surface area (Å²) >= 11 is 6.64. The average Bonchev–Trinajstić information content (AvgIpc) is 3.05. The Morgan fingerprint density at radius 1 is 1.07 bits per heavy atom. The summed E-state index contributed by atoms with van der Waals surface area (Å²) in [7, 11) is 0. The van der Waals surface area contributed by atoms with Crippen LogP contribution in [-0.4, -0.2) is 21.6 Å². The van der Waals surface area contributed by atoms with E-state index in [1.54, 1.807) is 0 Å². The minimum Gasteiger partial charge on any atom is -0.481 e. The molecule has 0 saturated heterocycles. The summed E-state index contributed by atoms with van der Waals surface area (Å²) in [6.45, 7) is 2.18. The molecular formula is C24H37ClO3. The van der Waals surface area contributed by atoms with E-state index in [-0.39, 0.29) is 17.9 Å². The molecule has 1 unspecified atom stereocenters. The standard InChI is InChI=1S/C24H37ClO3/c1-2-3-6-10-23(26)19-14-12-18(13-15-19)20-16-17-22(25)21(20)9-7-4-5-8-11-24(27)28/h12-15,20-23,26H,2-11,16-17H2,1H3,(H,27,28)/t20-,21-,22-,23?/m1/s1. The molecule has 1 aliphatic rings. The zero-order chi connectivity index (χ0) is 20.4. The van der Waals surface area contributed by atoms with Crippen molar-refractivity contribution in [2.45, 2.75) is 101 Å². The summed E-state index contributed by atoms with van der Waals surface area (Å²) in [5, 5.41) is 19.3. The first-order valence-corrected chi connectivity index (χ1v) is 11.6. The van der Waals surface area contributed by atoms with E-state index in [0.717, 1.165) is 63.4 Å². The van der Waals surface area contributed by atoms with Gasteiger partial charge in [0, 0.05) is 11.8 Å². The van der Waals surface area contributed by atoms with Gasteiger partial charge in [-0.15, -0.1) is 11.6 Å². The van der Waals surface area contributed by atoms with Crippen LogP contribution < -0.4 is 0 Å². The molecular weight excluding hydrogens is 372 g/mol. The van der Waals surface area contributed by atoms with Crippen LogP contribution in [-0.2, 0) is 4.79 Å². The molecule has 2 rings (SSSR count). The van der Waals surface area contributed by atoms with Crippen LogP contribution in [0.15, 0.2) is 24.3 Å². The van der Waals surface area contributed by atoms with Crippen LogP contribution >= 0.6 is 11.6 Å². The lowest BCUT2D eigenvalue weighted by Crippen LogP contribution is -2.14. The fraction of sp³-hybridized carbons (Fsp3) is 0.708. The van der Waals surface area contributed by atoms with E-state index in [0.29, 0.717) is 11.8 Å². The van der Waals surface area contributed by atoms with Crippen molar-refractivity contribution in [3.05, 3.63) is 35.4 Å². The van der Waals surface area contributed by atoms with Crippen molar-refractivity contribution >= 4 is 17.6 Å². The van der Waals surface area contributed by atoms with Crippen molar-refractivity contribution in [2.75, 3.05) is 0 Å². The minimum absolute atomic E-state index is 0.239. The first-order valence-electron chi connectivity index (χ1n) is 11.2. The number of rotatable bonds is 13. The van der Waals surface area contributed by atoms with Crippen molar-refractivity contribution < 1.29 is 15.0 Å². The highest BCUT2D eigenvalue weighted by Gasteiger charge is 2.35. The SMILES string of the molecule is CCCCCC(O)c1ccc([C@H]2CC[C@@H](Cl)[C@@H]2CCCCCCC(=O)O)cc1. The third-order valence-corrected chi connectivity index (χ3v) is 6.79. The van der Waals surface area contributed by atoms with Gasteiger partial charge in [0.1, 0.15) is 0 Å². The number of carbonyl (C=O) groups is 1. The number of aliphatic hydroxyl groups is 1. The van der Waals surface area contributed by atoms with Gasteiger partial charge in [0.25, 0.3) is 0 Å². The predicted octanol–water partition coefficient (Wildman–Crippen LogP) is 6.83. The van der Waals surface area contributed by atoms with Gasteiger partial charge >= 0.3 is 5.97 Å². The van der Waals surface area contributed by atoms with Gasteiger partial charge in [-0.25, -0.2) is 0 Å². The smallest absolute Gasteiger partial charge is 0.303 e. The molecule has 0 aromatic heterocycles. The quantitative estimate of drug-likeness (QED) is 0.278. The maximum atomic E-state index is 10.6. The zero-order valence-electron chi connectivity index (χ0n) is 17.3. The van der Waals surface area contributed by atoms with Crippen LogP contribution in [0.4, 0.5) is 0 Å². The Morgan fingerprint density at radius 3 is 2.46 bits per heavy atom. The minimum atomic E-state index is -0.699. The number of hydrogen-bond donors (Lipinski definition) is 2. The lowest BCUT2D eigenvalue weighted by atomic mass is 9.84. The maximum absolute atomic E-state index is 10.6. The third-order valence-electron chi connectivity index (χ3n) is 6.24. The predicted molar refractivity (Wildman–Crippen MR) is 116 cm³/mol. The zero-order valence-corrected chi connectivity index (χ0v) is 18.0. The number of hydrogen-bond acceptors (Lipinski definition) is 2. The van der Waals surface area contributed by atoms with Crippen LogP contribution in [0.5, 0.6) is 0 Å². The van der Waals surface area contributed by atoms with E-state index in [9.17, 15) is 9.90 Å². The van der Waals surface area contributed by atoms with Crippen molar-refractivity contribution in [2.24, 2.45) is 5.92 Å². The summed E-state index contributed by atoms with van der Waals surface area (Å²) in [6.07, 6.45) is 11.5. The molecule has 4 atom stereocenters. The molecule has 28 heavy (non-hydrogen) atoms. The number of benzene rings is 1. The molecule has 158 valence electrons. The Morgan fingerprint density at radius 2 is 1.79 bits per heavy atom. The molecule has 1 aromatic rings. The number of unbranched alkanes of at least 4 members (excludes halogenated alkanes) is 5. The molecule has 1 fully saturated rings. The molecule has 1 aliphatic carbocycles. The number of aliphatic hydroxyl groups excluding tert-OH is 1. The highest BCUT2D eigenvalue weighted by molar-refractivity contribution is 6.21. The fourth-order valence-electron chi connectivity index (χ4n) is 4.54. The monoisotopic (exact) mass is 408 g/mol. The highest BCUT2D eigenvalue weighted by atomic mass is 35.5. The first-order chi connectivity index (χ1) is 13.5. The Balaban J connectivity index is 1.83. The number of carboxylic acid groups (broad SMARTS) is 1. The fourth-order valence-corrected chi connectivity index (χ4v) is 4.97. The second kappa shape index (κ2) is 12.5. The number of carboxylic acids is 1. The topological polar surface area (TPSA) is 57.5 Å². The average molecular weight is 409 g/mol. The van der Waals surface area contributed by atoms with Crippen LogP contribution in [0.3, 0.4) is 0 Å². The van der Waals surface area contributed by atoms with Crippen LogP contribution in [0, 0.1) is 5.92 Å². The Hall–Kier alpha value is -1.06. The van der Waals surface area contributed by atoms with Gasteiger partial charge in [-0.1, -0.05) is 69.7 Å². The van der Waals surface area contributed by atoms with E-state index in [2.05, 4.69) is 31.2 Å². The number of alkyl halides is 1. The van der Waals surface area contributed by atoms with Gasteiger partial charge in [-0.05, 0) is 55.1 Å². The van der Waals surface area contributed by atoms with Crippen LogP contribution in [0.25, 0.3) is 0 Å². The summed E-state index contributed by atoms with van der Waals surface area (Å²) in [4.78, 5) is 10.6. The third kappa shape index (κ3) is 7.40. The van der Waals surface area contributed by atoms with Crippen molar-refractivity contribution in [1.29, 1.82) is 0 Å². The summed E-state index contributed by atoms with van der Waals surface area (Å²) < 4.78 is 0. The molecule has 0 radical (unpaired) electrons. The van der Waals surface area contributed by atoms with E-state index < -0.39 is 5.97 Å². The summed E-state index contributed by atoms with van der Waals surface area (Å²) in [6, 6.07) is 8.57. The van der Waals surface area contributed by atoms with Gasteiger partial charge in [-0.2, -0.15) is 0 Å². The largest absolute Gasteiger partial charge is 0.481 e.